The Balaban J connectivity index is 1.76. The fraction of sp³-hybridized carbons (Fsp3) is 0.263. The van der Waals surface area contributed by atoms with Crippen LogP contribution in [0.1, 0.15) is 28.3 Å². The van der Waals surface area contributed by atoms with Gasteiger partial charge < -0.3 is 5.32 Å². The molecule has 0 fully saturated rings. The van der Waals surface area contributed by atoms with Crippen LogP contribution in [-0.2, 0) is 13.1 Å². The fourth-order valence-corrected chi connectivity index (χ4v) is 2.94. The molecule has 0 bridgehead atoms. The largest absolute Gasteiger partial charge is 0.355 e. The second-order valence-corrected chi connectivity index (χ2v) is 6.11. The number of para-hydroxylation sites is 2. The molecule has 0 saturated heterocycles. The van der Waals surface area contributed by atoms with Crippen LogP contribution in [0.4, 0.5) is 8.78 Å². The van der Waals surface area contributed by atoms with Crippen LogP contribution in [0.15, 0.2) is 48.5 Å². The molecule has 1 N–H and O–H groups in total. The van der Waals surface area contributed by atoms with E-state index in [1.807, 2.05) is 24.1 Å². The summed E-state index contributed by atoms with van der Waals surface area (Å²) in [5.41, 5.74) is 2.56. The van der Waals surface area contributed by atoms with E-state index in [-0.39, 0.29) is 12.5 Å². The highest BCUT2D eigenvalue weighted by Gasteiger charge is 2.18. The molecule has 0 atom stereocenters. The number of aromatic nitrogens is 2. The summed E-state index contributed by atoms with van der Waals surface area (Å²) >= 11 is 0. The lowest BCUT2D eigenvalue weighted by molar-refractivity contribution is 0.0689. The monoisotopic (exact) mass is 358 g/mol. The first kappa shape index (κ1) is 18.0. The van der Waals surface area contributed by atoms with E-state index in [1.54, 1.807) is 43.4 Å². The number of hydrogen-bond donors (Lipinski definition) is 1. The van der Waals surface area contributed by atoms with Crippen molar-refractivity contribution in [1.82, 2.24) is 19.8 Å². The van der Waals surface area contributed by atoms with Gasteiger partial charge in [0.25, 0.3) is 5.91 Å². The summed E-state index contributed by atoms with van der Waals surface area (Å²) in [4.78, 5) is 17.8. The molecule has 0 aliphatic heterocycles. The van der Waals surface area contributed by atoms with Crippen LogP contribution in [0.2, 0.25) is 0 Å². The predicted octanol–water partition coefficient (Wildman–Crippen LogP) is 3.42. The summed E-state index contributed by atoms with van der Waals surface area (Å²) in [5.74, 6) is 0.182. The van der Waals surface area contributed by atoms with Crippen molar-refractivity contribution < 1.29 is 13.6 Å². The number of alkyl halides is 2. The van der Waals surface area contributed by atoms with Crippen molar-refractivity contribution in [3.8, 4) is 0 Å². The molecule has 0 saturated carbocycles. The normalized spacial score (nSPS) is 11.5. The van der Waals surface area contributed by atoms with Gasteiger partial charge in [-0.3, -0.25) is 14.3 Å². The lowest BCUT2D eigenvalue weighted by atomic mass is 10.1. The Morgan fingerprint density at radius 2 is 1.85 bits per heavy atom. The van der Waals surface area contributed by atoms with Crippen molar-refractivity contribution in [3.05, 3.63) is 65.5 Å². The molecule has 0 unspecified atom stereocenters. The summed E-state index contributed by atoms with van der Waals surface area (Å²) in [7, 11) is 3.43. The number of halogens is 2. The number of carbonyl (C=O) groups excluding carboxylic acids is 1. The first-order valence-corrected chi connectivity index (χ1v) is 8.23. The fourth-order valence-electron chi connectivity index (χ4n) is 2.94. The molecule has 0 aliphatic rings. The van der Waals surface area contributed by atoms with Crippen molar-refractivity contribution in [1.29, 1.82) is 0 Å². The maximum Gasteiger partial charge on any atom is 0.320 e. The summed E-state index contributed by atoms with van der Waals surface area (Å²) in [5, 5.41) is 2.57. The SMILES string of the molecule is CNC(=O)c1ccc(CN(C)Cc2nc3ccccc3n2C(F)F)cc1. The lowest BCUT2D eigenvalue weighted by Gasteiger charge is -2.17. The summed E-state index contributed by atoms with van der Waals surface area (Å²) in [6, 6.07) is 14.1. The number of nitrogens with zero attached hydrogens (tertiary/aromatic N) is 3. The highest BCUT2D eigenvalue weighted by atomic mass is 19.3. The first-order chi connectivity index (χ1) is 12.5. The van der Waals surface area contributed by atoms with E-state index in [0.717, 1.165) is 10.1 Å². The highest BCUT2D eigenvalue weighted by Crippen LogP contribution is 2.24. The third-order valence-electron chi connectivity index (χ3n) is 4.17. The third-order valence-corrected chi connectivity index (χ3v) is 4.17. The number of amides is 1. The van der Waals surface area contributed by atoms with Crippen molar-refractivity contribution >= 4 is 16.9 Å². The Bertz CT molecular complexity index is 906. The Morgan fingerprint density at radius 1 is 1.15 bits per heavy atom. The second-order valence-electron chi connectivity index (χ2n) is 6.11. The van der Waals surface area contributed by atoms with Crippen LogP contribution < -0.4 is 5.32 Å². The Hall–Kier alpha value is -2.80. The molecule has 5 nitrogen and oxygen atoms in total. The molecule has 26 heavy (non-hydrogen) atoms. The van der Waals surface area contributed by atoms with Gasteiger partial charge in [-0.25, -0.2) is 4.98 Å². The van der Waals surface area contributed by atoms with Gasteiger partial charge in [-0.05, 0) is 36.9 Å². The molecular weight excluding hydrogens is 338 g/mol. The standard InChI is InChI=1S/C19H20F2N4O/c1-22-18(26)14-9-7-13(8-10-14)11-24(2)12-17-23-15-5-3-4-6-16(15)25(17)19(20)21/h3-10,19H,11-12H2,1-2H3,(H,22,26). The molecule has 3 aromatic rings. The first-order valence-electron chi connectivity index (χ1n) is 8.23. The van der Waals surface area contributed by atoms with E-state index in [1.165, 1.54) is 0 Å². The Morgan fingerprint density at radius 3 is 2.50 bits per heavy atom. The average Bonchev–Trinajstić information content (AvgIpc) is 2.99. The van der Waals surface area contributed by atoms with Gasteiger partial charge in [0.15, 0.2) is 0 Å². The zero-order chi connectivity index (χ0) is 18.7. The van der Waals surface area contributed by atoms with E-state index in [9.17, 15) is 13.6 Å². The Kier molecular flexibility index (Phi) is 5.27. The molecule has 0 spiro atoms. The summed E-state index contributed by atoms with van der Waals surface area (Å²) in [6.07, 6.45) is 0. The smallest absolute Gasteiger partial charge is 0.320 e. The Labute approximate surface area is 150 Å². The van der Waals surface area contributed by atoms with Crippen LogP contribution in [0.3, 0.4) is 0 Å². The molecule has 1 amide bonds. The number of hydrogen-bond acceptors (Lipinski definition) is 3. The quantitative estimate of drug-likeness (QED) is 0.735. The topological polar surface area (TPSA) is 50.2 Å². The predicted molar refractivity (Wildman–Crippen MR) is 96.0 cm³/mol. The van der Waals surface area contributed by atoms with Gasteiger partial charge in [0.2, 0.25) is 0 Å². The highest BCUT2D eigenvalue weighted by molar-refractivity contribution is 5.93. The van der Waals surface area contributed by atoms with Gasteiger partial charge in [0, 0.05) is 19.2 Å². The van der Waals surface area contributed by atoms with E-state index in [4.69, 9.17) is 0 Å². The van der Waals surface area contributed by atoms with Gasteiger partial charge in [-0.2, -0.15) is 8.78 Å². The minimum atomic E-state index is -2.64. The second kappa shape index (κ2) is 7.61. The van der Waals surface area contributed by atoms with E-state index < -0.39 is 6.55 Å². The number of imidazole rings is 1. The van der Waals surface area contributed by atoms with Crippen molar-refractivity contribution in [2.45, 2.75) is 19.6 Å². The molecule has 0 radical (unpaired) electrons. The molecule has 2 aromatic carbocycles. The van der Waals surface area contributed by atoms with E-state index in [0.29, 0.717) is 29.0 Å². The average molecular weight is 358 g/mol. The number of benzene rings is 2. The van der Waals surface area contributed by atoms with E-state index in [2.05, 4.69) is 10.3 Å². The van der Waals surface area contributed by atoms with Crippen molar-refractivity contribution in [2.24, 2.45) is 0 Å². The zero-order valence-corrected chi connectivity index (χ0v) is 14.6. The molecule has 0 aliphatic carbocycles. The number of nitrogens with one attached hydrogen (secondary N) is 1. The van der Waals surface area contributed by atoms with Gasteiger partial charge >= 0.3 is 6.55 Å². The van der Waals surface area contributed by atoms with Gasteiger partial charge in [0.1, 0.15) is 5.82 Å². The zero-order valence-electron chi connectivity index (χ0n) is 14.6. The maximum atomic E-state index is 13.5. The maximum absolute atomic E-state index is 13.5. The lowest BCUT2D eigenvalue weighted by Crippen LogP contribution is -2.21. The number of fused-ring (bicyclic) bond motifs is 1. The molecule has 7 heteroatoms. The van der Waals surface area contributed by atoms with Crippen LogP contribution in [0.5, 0.6) is 0 Å². The molecular formula is C19H20F2N4O. The minimum absolute atomic E-state index is 0.143. The van der Waals surface area contributed by atoms with Crippen molar-refractivity contribution in [2.75, 3.05) is 14.1 Å². The van der Waals surface area contributed by atoms with Crippen LogP contribution in [0.25, 0.3) is 11.0 Å². The van der Waals surface area contributed by atoms with E-state index >= 15 is 0 Å². The minimum Gasteiger partial charge on any atom is -0.355 e. The number of carbonyl (C=O) groups is 1. The van der Waals surface area contributed by atoms with Crippen LogP contribution in [-0.4, -0.2) is 34.5 Å². The van der Waals surface area contributed by atoms with Crippen LogP contribution in [0, 0.1) is 0 Å². The number of rotatable bonds is 6. The molecule has 3 rings (SSSR count). The molecule has 1 aromatic heterocycles. The summed E-state index contributed by atoms with van der Waals surface area (Å²) < 4.78 is 27.9. The van der Waals surface area contributed by atoms with Crippen molar-refractivity contribution in [3.63, 3.8) is 0 Å². The van der Waals surface area contributed by atoms with Gasteiger partial charge in [0.05, 0.1) is 17.6 Å². The molecule has 136 valence electrons. The third kappa shape index (κ3) is 3.72. The van der Waals surface area contributed by atoms with Gasteiger partial charge in [-0.1, -0.05) is 24.3 Å². The molecule has 1 heterocycles. The van der Waals surface area contributed by atoms with Gasteiger partial charge in [-0.15, -0.1) is 0 Å². The summed E-state index contributed by atoms with van der Waals surface area (Å²) in [6.45, 7) is -1.80. The van der Waals surface area contributed by atoms with Crippen LogP contribution >= 0.6 is 0 Å².